The molecule has 11 heteroatoms. The summed E-state index contributed by atoms with van der Waals surface area (Å²) >= 11 is 6.22. The van der Waals surface area contributed by atoms with E-state index >= 15 is 0 Å². The molecule has 0 unspecified atom stereocenters. The zero-order chi connectivity index (χ0) is 31.2. The maximum absolute atomic E-state index is 13.1. The van der Waals surface area contributed by atoms with Crippen molar-refractivity contribution in [3.05, 3.63) is 99.2 Å². The third-order valence-electron chi connectivity index (χ3n) is 8.50. The number of hydrogen-bond donors (Lipinski definition) is 2. The first-order valence-corrected chi connectivity index (χ1v) is 15.9. The van der Waals surface area contributed by atoms with Gasteiger partial charge in [0, 0.05) is 85.1 Å². The van der Waals surface area contributed by atoms with Crippen LogP contribution in [0.2, 0.25) is 5.02 Å². The van der Waals surface area contributed by atoms with E-state index in [1.807, 2.05) is 42.5 Å². The predicted molar refractivity (Wildman–Crippen MR) is 179 cm³/mol. The van der Waals surface area contributed by atoms with Crippen LogP contribution in [0.15, 0.2) is 72.9 Å². The van der Waals surface area contributed by atoms with Crippen molar-refractivity contribution in [1.29, 1.82) is 0 Å². The lowest BCUT2D eigenvalue weighted by atomic mass is 10.1. The van der Waals surface area contributed by atoms with Crippen molar-refractivity contribution < 1.29 is 9.72 Å². The SMILES string of the molecule is O=C(CN1CCCCC1)Nc1cc(CN2CCN(Cc3ccc([N+](=O)[O-])cc3)CC2)cc(Nc2ccnc3cc(Cl)ccc23)c1. The maximum atomic E-state index is 13.1. The van der Waals surface area contributed by atoms with Gasteiger partial charge in [0.1, 0.15) is 0 Å². The van der Waals surface area contributed by atoms with Gasteiger partial charge in [-0.1, -0.05) is 30.2 Å². The largest absolute Gasteiger partial charge is 0.355 e. The Labute approximate surface area is 268 Å². The Morgan fingerprint density at radius 2 is 1.49 bits per heavy atom. The zero-order valence-corrected chi connectivity index (χ0v) is 26.0. The molecule has 0 spiro atoms. The van der Waals surface area contributed by atoms with E-state index in [4.69, 9.17) is 11.6 Å². The van der Waals surface area contributed by atoms with E-state index in [2.05, 4.69) is 42.5 Å². The minimum Gasteiger partial charge on any atom is -0.355 e. The lowest BCUT2D eigenvalue weighted by Gasteiger charge is -2.35. The molecular weight excluding hydrogens is 590 g/mol. The molecule has 3 aromatic carbocycles. The minimum absolute atomic E-state index is 0.00358. The smallest absolute Gasteiger partial charge is 0.269 e. The second kappa shape index (κ2) is 14.3. The van der Waals surface area contributed by atoms with Gasteiger partial charge in [-0.15, -0.1) is 0 Å². The summed E-state index contributed by atoms with van der Waals surface area (Å²) in [4.78, 5) is 35.2. The van der Waals surface area contributed by atoms with Crippen molar-refractivity contribution in [1.82, 2.24) is 19.7 Å². The van der Waals surface area contributed by atoms with E-state index in [9.17, 15) is 14.9 Å². The van der Waals surface area contributed by atoms with E-state index < -0.39 is 0 Å². The average molecular weight is 628 g/mol. The number of hydrogen-bond acceptors (Lipinski definition) is 8. The molecule has 0 bridgehead atoms. The Bertz CT molecular complexity index is 1650. The zero-order valence-electron chi connectivity index (χ0n) is 25.3. The molecule has 3 heterocycles. The highest BCUT2D eigenvalue weighted by Crippen LogP contribution is 2.30. The van der Waals surface area contributed by atoms with E-state index in [0.29, 0.717) is 11.6 Å². The van der Waals surface area contributed by atoms with Gasteiger partial charge in [-0.3, -0.25) is 34.6 Å². The number of halogens is 1. The molecule has 6 rings (SSSR count). The van der Waals surface area contributed by atoms with Crippen molar-refractivity contribution in [2.45, 2.75) is 32.4 Å². The monoisotopic (exact) mass is 627 g/mol. The molecule has 2 N–H and O–H groups in total. The number of nitrogens with one attached hydrogen (secondary N) is 2. The van der Waals surface area contributed by atoms with Crippen LogP contribution in [-0.2, 0) is 17.9 Å². The van der Waals surface area contributed by atoms with Crippen LogP contribution in [0.5, 0.6) is 0 Å². The molecule has 0 atom stereocenters. The van der Waals surface area contributed by atoms with Gasteiger partial charge in [0.2, 0.25) is 5.91 Å². The molecular formula is C34H38ClN7O3. The van der Waals surface area contributed by atoms with E-state index in [-0.39, 0.29) is 16.5 Å². The number of benzene rings is 3. The molecule has 2 fully saturated rings. The van der Waals surface area contributed by atoms with Gasteiger partial charge in [-0.05, 0) is 79.5 Å². The van der Waals surface area contributed by atoms with Crippen molar-refractivity contribution in [2.24, 2.45) is 0 Å². The number of nitrogens with zero attached hydrogens (tertiary/aromatic N) is 5. The molecule has 0 radical (unpaired) electrons. The fraction of sp³-hybridized carbons (Fsp3) is 0.353. The number of piperidine rings is 1. The minimum atomic E-state index is -0.367. The average Bonchev–Trinajstić information content (AvgIpc) is 3.02. The van der Waals surface area contributed by atoms with Crippen molar-refractivity contribution in [3.63, 3.8) is 0 Å². The lowest BCUT2D eigenvalue weighted by molar-refractivity contribution is -0.384. The number of non-ortho nitro benzene ring substituents is 1. The highest BCUT2D eigenvalue weighted by molar-refractivity contribution is 6.31. The number of piperazine rings is 1. The molecule has 234 valence electrons. The van der Waals surface area contributed by atoms with Crippen molar-refractivity contribution in [2.75, 3.05) is 56.4 Å². The number of nitro groups is 1. The Morgan fingerprint density at radius 3 is 2.20 bits per heavy atom. The standard InChI is InChI=1S/C34H38ClN7O3/c35-27-6-9-31-32(10-11-36-33(31)20-27)37-28-18-26(19-29(21-28)38-34(43)24-39-12-2-1-3-13-39)23-41-16-14-40(15-17-41)22-25-4-7-30(8-5-25)42(44)45/h4-11,18-21H,1-3,12-17,22-24H2,(H,36,37)(H,38,43). The normalized spacial score (nSPS) is 16.5. The molecule has 2 aliphatic heterocycles. The van der Waals surface area contributed by atoms with Gasteiger partial charge in [-0.25, -0.2) is 0 Å². The third kappa shape index (κ3) is 8.34. The van der Waals surface area contributed by atoms with Crippen LogP contribution in [0.3, 0.4) is 0 Å². The van der Waals surface area contributed by atoms with Crippen LogP contribution in [-0.4, -0.2) is 76.3 Å². The molecule has 45 heavy (non-hydrogen) atoms. The Kier molecular flexibility index (Phi) is 9.85. The fourth-order valence-electron chi connectivity index (χ4n) is 6.18. The number of carbonyl (C=O) groups excluding carboxylic acids is 1. The predicted octanol–water partition coefficient (Wildman–Crippen LogP) is 6.28. The van der Waals surface area contributed by atoms with E-state index in [0.717, 1.165) is 104 Å². The number of fused-ring (bicyclic) bond motifs is 1. The van der Waals surface area contributed by atoms with Gasteiger partial charge in [0.15, 0.2) is 0 Å². The summed E-state index contributed by atoms with van der Waals surface area (Å²) < 4.78 is 0. The molecule has 2 saturated heterocycles. The number of aromatic nitrogens is 1. The summed E-state index contributed by atoms with van der Waals surface area (Å²) in [6, 6.07) is 20.7. The van der Waals surface area contributed by atoms with Crippen LogP contribution in [0.1, 0.15) is 30.4 Å². The first-order chi connectivity index (χ1) is 21.9. The number of likely N-dealkylation sites (tertiary alicyclic amines) is 1. The number of amides is 1. The first-order valence-electron chi connectivity index (χ1n) is 15.5. The number of carbonyl (C=O) groups is 1. The highest BCUT2D eigenvalue weighted by atomic mass is 35.5. The summed E-state index contributed by atoms with van der Waals surface area (Å²) in [6.07, 6.45) is 5.28. The summed E-state index contributed by atoms with van der Waals surface area (Å²) in [6.45, 7) is 7.46. The maximum Gasteiger partial charge on any atom is 0.269 e. The summed E-state index contributed by atoms with van der Waals surface area (Å²) in [5, 5.41) is 19.3. The number of pyridine rings is 1. The van der Waals surface area contributed by atoms with Crippen molar-refractivity contribution in [3.8, 4) is 0 Å². The second-order valence-electron chi connectivity index (χ2n) is 11.9. The van der Waals surface area contributed by atoms with E-state index in [1.165, 1.54) is 6.42 Å². The molecule has 4 aromatic rings. The first kappa shape index (κ1) is 30.9. The molecule has 0 saturated carbocycles. The van der Waals surface area contributed by atoms with Crippen LogP contribution in [0.4, 0.5) is 22.7 Å². The van der Waals surface area contributed by atoms with Crippen molar-refractivity contribution >= 4 is 51.2 Å². The fourth-order valence-corrected chi connectivity index (χ4v) is 6.35. The third-order valence-corrected chi connectivity index (χ3v) is 8.74. The number of anilines is 3. The Balaban J connectivity index is 1.15. The second-order valence-corrected chi connectivity index (χ2v) is 12.4. The lowest BCUT2D eigenvalue weighted by Crippen LogP contribution is -2.45. The molecule has 1 amide bonds. The quantitative estimate of drug-likeness (QED) is 0.156. The summed E-state index contributed by atoms with van der Waals surface area (Å²) in [5.74, 6) is 0.00358. The molecule has 0 aliphatic carbocycles. The van der Waals surface area contributed by atoms with E-state index in [1.54, 1.807) is 18.3 Å². The molecule has 10 nitrogen and oxygen atoms in total. The number of rotatable bonds is 10. The van der Waals surface area contributed by atoms with Crippen LogP contribution >= 0.6 is 11.6 Å². The Morgan fingerprint density at radius 1 is 0.800 bits per heavy atom. The van der Waals surface area contributed by atoms with Gasteiger partial charge in [0.05, 0.1) is 17.0 Å². The van der Waals surface area contributed by atoms with Crippen LogP contribution in [0.25, 0.3) is 10.9 Å². The Hall–Kier alpha value is -4.09. The summed E-state index contributed by atoms with van der Waals surface area (Å²) in [5.41, 5.74) is 5.69. The molecule has 1 aromatic heterocycles. The van der Waals surface area contributed by atoms with Crippen LogP contribution in [0, 0.1) is 10.1 Å². The van der Waals surface area contributed by atoms with Gasteiger partial charge in [-0.2, -0.15) is 0 Å². The van der Waals surface area contributed by atoms with Gasteiger partial charge in [0.25, 0.3) is 5.69 Å². The molecule has 2 aliphatic rings. The van der Waals surface area contributed by atoms with Gasteiger partial charge >= 0.3 is 0 Å². The topological polar surface area (TPSA) is 107 Å². The summed E-state index contributed by atoms with van der Waals surface area (Å²) in [7, 11) is 0. The number of nitro benzene ring substituents is 1. The van der Waals surface area contributed by atoms with Gasteiger partial charge < -0.3 is 10.6 Å². The highest BCUT2D eigenvalue weighted by Gasteiger charge is 2.19. The van der Waals surface area contributed by atoms with Crippen LogP contribution < -0.4 is 10.6 Å².